The van der Waals surface area contributed by atoms with Gasteiger partial charge in [-0.15, -0.1) is 6.42 Å². The fraction of sp³-hybridized carbons (Fsp3) is 0.111. The molecule has 0 saturated heterocycles. The van der Waals surface area contributed by atoms with Crippen LogP contribution >= 0.6 is 0 Å². The number of alkyl halides is 3. The molecule has 0 radical (unpaired) electrons. The number of ketones is 1. The van der Waals surface area contributed by atoms with Gasteiger partial charge in [0.1, 0.15) is 5.69 Å². The summed E-state index contributed by atoms with van der Waals surface area (Å²) in [5, 5.41) is 0. The van der Waals surface area contributed by atoms with Crippen molar-refractivity contribution in [1.29, 1.82) is 0 Å². The summed E-state index contributed by atoms with van der Waals surface area (Å²) < 4.78 is 36.1. The van der Waals surface area contributed by atoms with Crippen LogP contribution in [0.15, 0.2) is 18.3 Å². The topological polar surface area (TPSA) is 30.0 Å². The lowest BCUT2D eigenvalue weighted by molar-refractivity contribution is -0.137. The highest BCUT2D eigenvalue weighted by Crippen LogP contribution is 2.28. The van der Waals surface area contributed by atoms with Crippen LogP contribution in [0.3, 0.4) is 0 Å². The summed E-state index contributed by atoms with van der Waals surface area (Å²) in [7, 11) is 0. The first-order valence-corrected chi connectivity index (χ1v) is 3.49. The summed E-state index contributed by atoms with van der Waals surface area (Å²) in [6.45, 7) is 0. The first-order chi connectivity index (χ1) is 6.45. The van der Waals surface area contributed by atoms with Crippen LogP contribution in [-0.4, -0.2) is 10.8 Å². The molecule has 0 atom stereocenters. The molecule has 0 fully saturated rings. The highest BCUT2D eigenvalue weighted by atomic mass is 19.4. The number of carbonyl (C=O) groups excluding carboxylic acids is 1. The van der Waals surface area contributed by atoms with Crippen molar-refractivity contribution < 1.29 is 18.0 Å². The van der Waals surface area contributed by atoms with Crippen molar-refractivity contribution in [2.45, 2.75) is 6.18 Å². The monoisotopic (exact) mass is 199 g/mol. The number of halogens is 3. The molecule has 0 spiro atoms. The van der Waals surface area contributed by atoms with Gasteiger partial charge in [0.25, 0.3) is 5.78 Å². The summed E-state index contributed by atoms with van der Waals surface area (Å²) >= 11 is 0. The standard InChI is InChI=1S/C9H4F3NO/c1-2-8(14)7-4-3-6(5-13-7)9(10,11)12/h1,3-5H. The lowest BCUT2D eigenvalue weighted by Crippen LogP contribution is -2.07. The Bertz CT molecular complexity index is 386. The first kappa shape index (κ1) is 10.3. The molecule has 1 aromatic rings. The average Bonchev–Trinajstić information content (AvgIpc) is 2.15. The zero-order valence-corrected chi connectivity index (χ0v) is 6.80. The first-order valence-electron chi connectivity index (χ1n) is 3.49. The Morgan fingerprint density at radius 1 is 1.43 bits per heavy atom. The molecule has 0 bridgehead atoms. The summed E-state index contributed by atoms with van der Waals surface area (Å²) in [6, 6.07) is 1.71. The van der Waals surface area contributed by atoms with E-state index in [2.05, 4.69) is 4.98 Å². The predicted octanol–water partition coefficient (Wildman–Crippen LogP) is 1.92. The van der Waals surface area contributed by atoms with Crippen molar-refractivity contribution in [3.63, 3.8) is 0 Å². The molecule has 0 aromatic carbocycles. The minimum absolute atomic E-state index is 0.166. The van der Waals surface area contributed by atoms with Crippen molar-refractivity contribution in [3.8, 4) is 12.3 Å². The van der Waals surface area contributed by atoms with Crippen LogP contribution in [0.4, 0.5) is 13.2 Å². The van der Waals surface area contributed by atoms with E-state index < -0.39 is 17.5 Å². The molecule has 0 amide bonds. The quantitative estimate of drug-likeness (QED) is 0.393. The fourth-order valence-electron chi connectivity index (χ4n) is 0.770. The molecule has 0 aliphatic rings. The highest BCUT2D eigenvalue weighted by Gasteiger charge is 2.30. The van der Waals surface area contributed by atoms with Crippen LogP contribution < -0.4 is 0 Å². The second-order valence-corrected chi connectivity index (χ2v) is 2.40. The predicted molar refractivity (Wildman–Crippen MR) is 42.4 cm³/mol. The molecule has 1 aromatic heterocycles. The molecule has 0 aliphatic heterocycles. The number of hydrogen-bond donors (Lipinski definition) is 0. The van der Waals surface area contributed by atoms with Gasteiger partial charge in [-0.1, -0.05) is 0 Å². The molecule has 2 nitrogen and oxygen atoms in total. The van der Waals surface area contributed by atoms with Gasteiger partial charge in [-0.25, -0.2) is 0 Å². The number of carbonyl (C=O) groups is 1. The number of pyridine rings is 1. The molecule has 0 N–H and O–H groups in total. The summed E-state index contributed by atoms with van der Waals surface area (Å²) in [6.07, 6.45) is 0.886. The van der Waals surface area contributed by atoms with Crippen LogP contribution in [0.2, 0.25) is 0 Å². The smallest absolute Gasteiger partial charge is 0.277 e. The van der Waals surface area contributed by atoms with E-state index in [4.69, 9.17) is 6.42 Å². The Morgan fingerprint density at radius 3 is 2.43 bits per heavy atom. The highest BCUT2D eigenvalue weighted by molar-refractivity contribution is 6.07. The van der Waals surface area contributed by atoms with E-state index in [1.165, 1.54) is 0 Å². The van der Waals surface area contributed by atoms with E-state index in [1.54, 1.807) is 5.92 Å². The second-order valence-electron chi connectivity index (χ2n) is 2.40. The van der Waals surface area contributed by atoms with Crippen molar-refractivity contribution in [3.05, 3.63) is 29.6 Å². The van der Waals surface area contributed by atoms with Gasteiger partial charge in [0.05, 0.1) is 5.56 Å². The van der Waals surface area contributed by atoms with Crippen molar-refractivity contribution >= 4 is 5.78 Å². The molecule has 1 heterocycles. The lowest BCUT2D eigenvalue weighted by atomic mass is 10.2. The van der Waals surface area contributed by atoms with Gasteiger partial charge in [0.15, 0.2) is 0 Å². The zero-order valence-electron chi connectivity index (χ0n) is 6.80. The number of Topliss-reactive ketones (excluding diaryl/α,β-unsaturated/α-hetero) is 1. The molecule has 1 rings (SSSR count). The number of nitrogens with zero attached hydrogens (tertiary/aromatic N) is 1. The van der Waals surface area contributed by atoms with E-state index in [0.717, 1.165) is 12.1 Å². The second kappa shape index (κ2) is 3.50. The average molecular weight is 199 g/mol. The van der Waals surface area contributed by atoms with Gasteiger partial charge >= 0.3 is 6.18 Å². The Balaban J connectivity index is 3.02. The Hall–Kier alpha value is -1.83. The minimum atomic E-state index is -4.45. The molecule has 72 valence electrons. The fourth-order valence-corrected chi connectivity index (χ4v) is 0.770. The normalized spacial score (nSPS) is 10.7. The van der Waals surface area contributed by atoms with Gasteiger partial charge in [-0.3, -0.25) is 9.78 Å². The van der Waals surface area contributed by atoms with Crippen LogP contribution in [-0.2, 0) is 6.18 Å². The molecular formula is C9H4F3NO. The maximum Gasteiger partial charge on any atom is 0.417 e. The Morgan fingerprint density at radius 2 is 2.07 bits per heavy atom. The lowest BCUT2D eigenvalue weighted by Gasteiger charge is -2.04. The summed E-state index contributed by atoms with van der Waals surface area (Å²) in [5.74, 6) is 1.02. The molecule has 0 aliphatic carbocycles. The maximum atomic E-state index is 12.0. The SMILES string of the molecule is C#CC(=O)c1ccc(C(F)(F)F)cn1. The van der Waals surface area contributed by atoms with Crippen LogP contribution in [0.5, 0.6) is 0 Å². The van der Waals surface area contributed by atoms with Crippen molar-refractivity contribution in [2.75, 3.05) is 0 Å². The number of rotatable bonds is 1. The third kappa shape index (κ3) is 2.10. The third-order valence-corrected chi connectivity index (χ3v) is 1.45. The van der Waals surface area contributed by atoms with Crippen molar-refractivity contribution in [2.24, 2.45) is 0 Å². The van der Waals surface area contributed by atoms with Crippen LogP contribution in [0, 0.1) is 12.3 Å². The summed E-state index contributed by atoms with van der Waals surface area (Å²) in [4.78, 5) is 14.1. The summed E-state index contributed by atoms with van der Waals surface area (Å²) in [5.41, 5.74) is -1.08. The molecular weight excluding hydrogens is 195 g/mol. The van der Waals surface area contributed by atoms with E-state index in [0.29, 0.717) is 6.20 Å². The Labute approximate surface area is 77.8 Å². The van der Waals surface area contributed by atoms with Gasteiger partial charge in [-0.2, -0.15) is 13.2 Å². The maximum absolute atomic E-state index is 12.0. The third-order valence-electron chi connectivity index (χ3n) is 1.45. The molecule has 0 saturated carbocycles. The van der Waals surface area contributed by atoms with E-state index in [-0.39, 0.29) is 5.69 Å². The van der Waals surface area contributed by atoms with E-state index in [9.17, 15) is 18.0 Å². The number of hydrogen-bond acceptors (Lipinski definition) is 2. The molecule has 0 unspecified atom stereocenters. The zero-order chi connectivity index (χ0) is 10.8. The van der Waals surface area contributed by atoms with Gasteiger partial charge in [0, 0.05) is 6.20 Å². The minimum Gasteiger partial charge on any atom is -0.277 e. The van der Waals surface area contributed by atoms with Gasteiger partial charge < -0.3 is 0 Å². The largest absolute Gasteiger partial charge is 0.417 e. The van der Waals surface area contributed by atoms with Gasteiger partial charge in [0.2, 0.25) is 0 Å². The van der Waals surface area contributed by atoms with Gasteiger partial charge in [-0.05, 0) is 18.1 Å². The van der Waals surface area contributed by atoms with Crippen LogP contribution in [0.25, 0.3) is 0 Å². The van der Waals surface area contributed by atoms with Crippen LogP contribution in [0.1, 0.15) is 16.1 Å². The molecule has 14 heavy (non-hydrogen) atoms. The van der Waals surface area contributed by atoms with E-state index in [1.807, 2.05) is 0 Å². The number of aromatic nitrogens is 1. The molecule has 5 heteroatoms. The number of terminal acetylenes is 1. The van der Waals surface area contributed by atoms with Crippen molar-refractivity contribution in [1.82, 2.24) is 4.98 Å². The Kier molecular flexibility index (Phi) is 2.56. The van der Waals surface area contributed by atoms with E-state index >= 15 is 0 Å².